The first-order chi connectivity index (χ1) is 2.91. The SMILES string of the molecule is NO.OCCO. The standard InChI is InChI=1S/C2H6O2.H3NO/c3-1-2-4;1-2/h3-4H,1-2H2;2H,1H2. The van der Waals surface area contributed by atoms with Crippen LogP contribution in [0.15, 0.2) is 0 Å². The summed E-state index contributed by atoms with van der Waals surface area (Å²) in [6, 6.07) is 0. The Morgan fingerprint density at radius 2 is 1.17 bits per heavy atom. The molecule has 40 valence electrons. The molecule has 0 aliphatic heterocycles. The van der Waals surface area contributed by atoms with Gasteiger partial charge in [-0.2, -0.15) is 0 Å². The second-order valence-corrected chi connectivity index (χ2v) is 0.447. The van der Waals surface area contributed by atoms with Gasteiger partial charge in [0.1, 0.15) is 0 Å². The largest absolute Gasteiger partial charge is 0.394 e. The van der Waals surface area contributed by atoms with Gasteiger partial charge in [0, 0.05) is 0 Å². The molecule has 4 nitrogen and oxygen atoms in total. The Kier molecular flexibility index (Phi) is 32.6. The van der Waals surface area contributed by atoms with Crippen molar-refractivity contribution in [3.05, 3.63) is 0 Å². The first kappa shape index (κ1) is 9.28. The summed E-state index contributed by atoms with van der Waals surface area (Å²) in [6.07, 6.45) is 0. The molecule has 0 amide bonds. The van der Waals surface area contributed by atoms with Crippen LogP contribution in [0.4, 0.5) is 0 Å². The molecule has 0 saturated carbocycles. The zero-order valence-electron chi connectivity index (χ0n) is 3.33. The van der Waals surface area contributed by atoms with E-state index in [0.717, 1.165) is 0 Å². The normalized spacial score (nSPS) is 6.00. The molecule has 0 heterocycles. The molecule has 0 unspecified atom stereocenters. The Morgan fingerprint density at radius 3 is 1.17 bits per heavy atom. The van der Waals surface area contributed by atoms with Gasteiger partial charge in [-0.25, -0.2) is 5.90 Å². The second-order valence-electron chi connectivity index (χ2n) is 0.447. The zero-order chi connectivity index (χ0) is 5.41. The third kappa shape index (κ3) is 43.9. The molecule has 4 heteroatoms. The van der Waals surface area contributed by atoms with E-state index in [9.17, 15) is 0 Å². The van der Waals surface area contributed by atoms with Crippen LogP contribution in [0, 0.1) is 0 Å². The lowest BCUT2D eigenvalue weighted by Gasteiger charge is -1.70. The highest BCUT2D eigenvalue weighted by molar-refractivity contribution is 4.06. The van der Waals surface area contributed by atoms with E-state index in [1.807, 2.05) is 0 Å². The van der Waals surface area contributed by atoms with E-state index >= 15 is 0 Å². The molecule has 0 aromatic heterocycles. The van der Waals surface area contributed by atoms with Crippen LogP contribution >= 0.6 is 0 Å². The van der Waals surface area contributed by atoms with E-state index in [4.69, 9.17) is 15.4 Å². The molecule has 5 N–H and O–H groups in total. The quantitative estimate of drug-likeness (QED) is 0.292. The lowest BCUT2D eigenvalue weighted by atomic mass is 10.8. The summed E-state index contributed by atoms with van der Waals surface area (Å²) in [7, 11) is 0. The Hall–Kier alpha value is -0.160. The predicted octanol–water partition coefficient (Wildman–Crippen LogP) is -1.69. The molecule has 0 spiro atoms. The van der Waals surface area contributed by atoms with Crippen LogP contribution in [0.1, 0.15) is 0 Å². The first-order valence-electron chi connectivity index (χ1n) is 1.39. The summed E-state index contributed by atoms with van der Waals surface area (Å²) in [5, 5.41) is 21.8. The van der Waals surface area contributed by atoms with Gasteiger partial charge >= 0.3 is 0 Å². The van der Waals surface area contributed by atoms with Gasteiger partial charge in [0.25, 0.3) is 0 Å². The van der Waals surface area contributed by atoms with Crippen LogP contribution in [-0.2, 0) is 0 Å². The van der Waals surface area contributed by atoms with E-state index in [1.54, 1.807) is 0 Å². The van der Waals surface area contributed by atoms with Gasteiger partial charge in [0.05, 0.1) is 13.2 Å². The predicted molar refractivity (Wildman–Crippen MR) is 20.1 cm³/mol. The van der Waals surface area contributed by atoms with Crippen molar-refractivity contribution in [3.8, 4) is 0 Å². The maximum absolute atomic E-state index is 7.62. The van der Waals surface area contributed by atoms with Crippen LogP contribution in [0.2, 0.25) is 0 Å². The Bertz CT molecular complexity index is 10.8. The van der Waals surface area contributed by atoms with Crippen molar-refractivity contribution in [2.24, 2.45) is 5.90 Å². The molecule has 0 bridgehead atoms. The summed E-state index contributed by atoms with van der Waals surface area (Å²) < 4.78 is 0. The third-order valence-corrected chi connectivity index (χ3v) is 0.1000. The number of aliphatic hydroxyl groups is 2. The van der Waals surface area contributed by atoms with Crippen LogP contribution in [0.5, 0.6) is 0 Å². The van der Waals surface area contributed by atoms with Crippen molar-refractivity contribution in [2.75, 3.05) is 13.2 Å². The molecule has 0 aromatic carbocycles. The van der Waals surface area contributed by atoms with Crippen molar-refractivity contribution < 1.29 is 15.4 Å². The number of hydrogen-bond acceptors (Lipinski definition) is 4. The number of rotatable bonds is 1. The number of aliphatic hydroxyl groups excluding tert-OH is 2. The molecule has 0 rings (SSSR count). The molecule has 6 heavy (non-hydrogen) atoms. The van der Waals surface area contributed by atoms with Gasteiger partial charge in [-0.05, 0) is 0 Å². The second kappa shape index (κ2) is 21.1. The maximum atomic E-state index is 7.62. The van der Waals surface area contributed by atoms with Crippen LogP contribution in [0.25, 0.3) is 0 Å². The molecular formula is C2H9NO3. The van der Waals surface area contributed by atoms with E-state index in [0.29, 0.717) is 0 Å². The van der Waals surface area contributed by atoms with Gasteiger partial charge in [-0.15, -0.1) is 0 Å². The summed E-state index contributed by atoms with van der Waals surface area (Å²) in [4.78, 5) is 0. The minimum Gasteiger partial charge on any atom is -0.394 e. The van der Waals surface area contributed by atoms with E-state index in [2.05, 4.69) is 5.90 Å². The first-order valence-corrected chi connectivity index (χ1v) is 1.39. The van der Waals surface area contributed by atoms with Gasteiger partial charge in [0.2, 0.25) is 0 Å². The Balaban J connectivity index is 0. The summed E-state index contributed by atoms with van der Waals surface area (Å²) >= 11 is 0. The average molecular weight is 95.1 g/mol. The van der Waals surface area contributed by atoms with Crippen LogP contribution < -0.4 is 5.90 Å². The van der Waals surface area contributed by atoms with Gasteiger partial charge in [0.15, 0.2) is 0 Å². The zero-order valence-corrected chi connectivity index (χ0v) is 3.33. The number of nitrogens with two attached hydrogens (primary N) is 1. The van der Waals surface area contributed by atoms with Crippen LogP contribution in [0.3, 0.4) is 0 Å². The highest BCUT2D eigenvalue weighted by atomic mass is 16.4. The lowest BCUT2D eigenvalue weighted by molar-refractivity contribution is 0.186. The Morgan fingerprint density at radius 1 is 1.00 bits per heavy atom. The summed E-state index contributed by atoms with van der Waals surface area (Å²) in [5.41, 5.74) is 0. The highest BCUT2D eigenvalue weighted by Gasteiger charge is 1.58. The fourth-order valence-electron chi connectivity index (χ4n) is 0. The summed E-state index contributed by atoms with van der Waals surface area (Å²) in [6.45, 7) is -0.250. The fourth-order valence-corrected chi connectivity index (χ4v) is 0. The van der Waals surface area contributed by atoms with E-state index < -0.39 is 0 Å². The highest BCUT2D eigenvalue weighted by Crippen LogP contribution is 1.39. The van der Waals surface area contributed by atoms with E-state index in [-0.39, 0.29) is 13.2 Å². The van der Waals surface area contributed by atoms with Crippen LogP contribution in [-0.4, -0.2) is 28.6 Å². The monoisotopic (exact) mass is 95.1 g/mol. The molecular weight excluding hydrogens is 86.0 g/mol. The molecule has 0 aromatic rings. The topological polar surface area (TPSA) is 86.7 Å². The van der Waals surface area contributed by atoms with Crippen molar-refractivity contribution in [2.45, 2.75) is 0 Å². The van der Waals surface area contributed by atoms with Crippen molar-refractivity contribution in [3.63, 3.8) is 0 Å². The van der Waals surface area contributed by atoms with Gasteiger partial charge < -0.3 is 15.4 Å². The molecule has 0 aliphatic rings. The minimum absolute atomic E-state index is 0.125. The minimum atomic E-state index is -0.125. The lowest BCUT2D eigenvalue weighted by Crippen LogP contribution is -1.85. The third-order valence-electron chi connectivity index (χ3n) is 0.1000. The van der Waals surface area contributed by atoms with Crippen molar-refractivity contribution in [1.29, 1.82) is 0 Å². The maximum Gasteiger partial charge on any atom is 0.0662 e. The smallest absolute Gasteiger partial charge is 0.0662 e. The van der Waals surface area contributed by atoms with Gasteiger partial charge in [-0.3, -0.25) is 0 Å². The Labute approximate surface area is 35.8 Å². The average Bonchev–Trinajstić information content (AvgIpc) is 1.72. The molecule has 0 fully saturated rings. The fraction of sp³-hybridized carbons (Fsp3) is 1.00. The van der Waals surface area contributed by atoms with Crippen molar-refractivity contribution >= 4 is 0 Å². The van der Waals surface area contributed by atoms with Crippen molar-refractivity contribution in [1.82, 2.24) is 0 Å². The van der Waals surface area contributed by atoms with E-state index in [1.165, 1.54) is 0 Å². The molecule has 0 atom stereocenters. The molecule has 0 radical (unpaired) electrons. The molecule has 0 aliphatic carbocycles. The molecule has 0 saturated heterocycles. The number of hydrogen-bond donors (Lipinski definition) is 4. The summed E-state index contributed by atoms with van der Waals surface area (Å²) in [5.74, 6) is 3.50. The van der Waals surface area contributed by atoms with Gasteiger partial charge in [-0.1, -0.05) is 0 Å².